The van der Waals surface area contributed by atoms with Gasteiger partial charge in [0.25, 0.3) is 5.91 Å². The highest BCUT2D eigenvalue weighted by atomic mass is 35.5. The molecule has 1 unspecified atom stereocenters. The summed E-state index contributed by atoms with van der Waals surface area (Å²) in [4.78, 5) is 14.8. The fourth-order valence-corrected chi connectivity index (χ4v) is 5.01. The van der Waals surface area contributed by atoms with E-state index in [0.717, 1.165) is 25.8 Å². The number of hydrogen-bond donors (Lipinski definition) is 1. The van der Waals surface area contributed by atoms with Gasteiger partial charge in [-0.3, -0.25) is 4.79 Å². The lowest BCUT2D eigenvalue weighted by Crippen LogP contribution is -2.51. The molecular formula is C16H27ClN4O3S. The average Bonchev–Trinajstić information content (AvgIpc) is 2.97. The van der Waals surface area contributed by atoms with Crippen molar-refractivity contribution in [2.24, 2.45) is 7.05 Å². The zero-order valence-electron chi connectivity index (χ0n) is 14.8. The third-order valence-electron chi connectivity index (χ3n) is 4.81. The second-order valence-corrected chi connectivity index (χ2v) is 8.68. The molecule has 3 rings (SSSR count). The molecule has 0 aliphatic carbocycles. The van der Waals surface area contributed by atoms with Crippen LogP contribution >= 0.6 is 12.4 Å². The van der Waals surface area contributed by atoms with Crippen molar-refractivity contribution in [2.45, 2.75) is 37.1 Å². The van der Waals surface area contributed by atoms with E-state index in [1.807, 2.05) is 6.92 Å². The Bertz CT molecular complexity index is 713. The van der Waals surface area contributed by atoms with E-state index in [9.17, 15) is 13.2 Å². The molecule has 25 heavy (non-hydrogen) atoms. The molecule has 2 saturated heterocycles. The van der Waals surface area contributed by atoms with Crippen LogP contribution in [0.25, 0.3) is 0 Å². The molecule has 1 aromatic heterocycles. The first-order chi connectivity index (χ1) is 11.4. The predicted molar refractivity (Wildman–Crippen MR) is 98.6 cm³/mol. The maximum absolute atomic E-state index is 12.8. The molecular weight excluding hydrogens is 364 g/mol. The second-order valence-electron chi connectivity index (χ2n) is 6.74. The van der Waals surface area contributed by atoms with Crippen molar-refractivity contribution in [3.63, 3.8) is 0 Å². The summed E-state index contributed by atoms with van der Waals surface area (Å²) < 4.78 is 28.7. The maximum Gasteiger partial charge on any atom is 0.270 e. The Kier molecular flexibility index (Phi) is 6.53. The van der Waals surface area contributed by atoms with Gasteiger partial charge in [-0.15, -0.1) is 12.4 Å². The van der Waals surface area contributed by atoms with Crippen LogP contribution < -0.4 is 5.32 Å². The van der Waals surface area contributed by atoms with Crippen molar-refractivity contribution in [1.82, 2.24) is 19.1 Å². The molecule has 142 valence electrons. The highest BCUT2D eigenvalue weighted by molar-refractivity contribution is 7.89. The van der Waals surface area contributed by atoms with Gasteiger partial charge in [0.1, 0.15) is 10.6 Å². The van der Waals surface area contributed by atoms with Crippen molar-refractivity contribution in [1.29, 1.82) is 0 Å². The molecule has 1 amide bonds. The molecule has 0 aromatic carbocycles. The third kappa shape index (κ3) is 4.19. The van der Waals surface area contributed by atoms with Crippen LogP contribution in [-0.4, -0.2) is 66.9 Å². The van der Waals surface area contributed by atoms with Crippen LogP contribution in [0.3, 0.4) is 0 Å². The SMILES string of the molecule is CC1CN(C(=O)c2cc(S(=O)(=O)N3CCCCC3)cn2C)CCN1.Cl. The number of carbonyl (C=O) groups is 1. The fourth-order valence-electron chi connectivity index (χ4n) is 3.42. The summed E-state index contributed by atoms with van der Waals surface area (Å²) in [7, 11) is -1.78. The van der Waals surface area contributed by atoms with Gasteiger partial charge in [0.05, 0.1) is 0 Å². The lowest BCUT2D eigenvalue weighted by atomic mass is 10.2. The first-order valence-corrected chi connectivity index (χ1v) is 10.0. The largest absolute Gasteiger partial charge is 0.345 e. The number of nitrogens with zero attached hydrogens (tertiary/aromatic N) is 3. The van der Waals surface area contributed by atoms with E-state index in [0.29, 0.717) is 31.9 Å². The van der Waals surface area contributed by atoms with Gasteiger partial charge >= 0.3 is 0 Å². The summed E-state index contributed by atoms with van der Waals surface area (Å²) >= 11 is 0. The molecule has 1 atom stereocenters. The predicted octanol–water partition coefficient (Wildman–Crippen LogP) is 1.06. The molecule has 0 radical (unpaired) electrons. The lowest BCUT2D eigenvalue weighted by molar-refractivity contribution is 0.0699. The van der Waals surface area contributed by atoms with E-state index in [4.69, 9.17) is 0 Å². The van der Waals surface area contributed by atoms with Crippen LogP contribution in [0.4, 0.5) is 0 Å². The first kappa shape index (κ1) is 20.2. The number of halogens is 1. The van der Waals surface area contributed by atoms with Crippen LogP contribution in [-0.2, 0) is 17.1 Å². The zero-order valence-corrected chi connectivity index (χ0v) is 16.4. The molecule has 0 saturated carbocycles. The van der Waals surface area contributed by atoms with E-state index in [-0.39, 0.29) is 29.3 Å². The minimum Gasteiger partial charge on any atom is -0.345 e. The fraction of sp³-hybridized carbons (Fsp3) is 0.688. The normalized spacial score (nSPS) is 22.5. The Morgan fingerprint density at radius 3 is 2.52 bits per heavy atom. The van der Waals surface area contributed by atoms with Crippen molar-refractivity contribution in [3.05, 3.63) is 18.0 Å². The van der Waals surface area contributed by atoms with Crippen molar-refractivity contribution in [3.8, 4) is 0 Å². The Labute approximate surface area is 155 Å². The van der Waals surface area contributed by atoms with Crippen LogP contribution in [0.5, 0.6) is 0 Å². The van der Waals surface area contributed by atoms with Gasteiger partial charge in [0.2, 0.25) is 10.0 Å². The van der Waals surface area contributed by atoms with E-state index in [1.54, 1.807) is 22.7 Å². The van der Waals surface area contributed by atoms with Crippen LogP contribution in [0.1, 0.15) is 36.7 Å². The summed E-state index contributed by atoms with van der Waals surface area (Å²) in [6.07, 6.45) is 4.43. The van der Waals surface area contributed by atoms with Crippen LogP contribution in [0, 0.1) is 0 Å². The monoisotopic (exact) mass is 390 g/mol. The second kappa shape index (κ2) is 8.07. The molecule has 0 spiro atoms. The van der Waals surface area contributed by atoms with Gasteiger partial charge < -0.3 is 14.8 Å². The number of sulfonamides is 1. The van der Waals surface area contributed by atoms with Gasteiger partial charge in [-0.1, -0.05) is 6.42 Å². The Morgan fingerprint density at radius 1 is 1.20 bits per heavy atom. The van der Waals surface area contributed by atoms with E-state index >= 15 is 0 Å². The number of carbonyl (C=O) groups excluding carboxylic acids is 1. The standard InChI is InChI=1S/C16H26N4O3S.ClH/c1-13-11-19(9-6-17-13)16(21)15-10-14(12-18(15)2)24(22,23)20-7-4-3-5-8-20;/h10,12-13,17H,3-9,11H2,1-2H3;1H. The summed E-state index contributed by atoms with van der Waals surface area (Å²) in [5.41, 5.74) is 0.430. The van der Waals surface area contributed by atoms with E-state index in [2.05, 4.69) is 5.32 Å². The smallest absolute Gasteiger partial charge is 0.270 e. The molecule has 1 aromatic rings. The molecule has 9 heteroatoms. The quantitative estimate of drug-likeness (QED) is 0.837. The Morgan fingerprint density at radius 2 is 1.88 bits per heavy atom. The van der Waals surface area contributed by atoms with Crippen molar-refractivity contribution >= 4 is 28.3 Å². The molecule has 2 aliphatic heterocycles. The van der Waals surface area contributed by atoms with Gasteiger partial charge in [0.15, 0.2) is 0 Å². The molecule has 2 aliphatic rings. The number of nitrogens with one attached hydrogen (secondary N) is 1. The number of hydrogen-bond acceptors (Lipinski definition) is 4. The van der Waals surface area contributed by atoms with Gasteiger partial charge in [-0.2, -0.15) is 4.31 Å². The topological polar surface area (TPSA) is 74.7 Å². The summed E-state index contributed by atoms with van der Waals surface area (Å²) in [5, 5.41) is 3.30. The Hall–Kier alpha value is -1.09. The molecule has 3 heterocycles. The van der Waals surface area contributed by atoms with Crippen LogP contribution in [0.2, 0.25) is 0 Å². The molecule has 7 nitrogen and oxygen atoms in total. The Balaban J connectivity index is 0.00000225. The number of amides is 1. The highest BCUT2D eigenvalue weighted by Gasteiger charge is 2.30. The van der Waals surface area contributed by atoms with E-state index in [1.165, 1.54) is 10.4 Å². The van der Waals surface area contributed by atoms with Crippen molar-refractivity contribution < 1.29 is 13.2 Å². The highest BCUT2D eigenvalue weighted by Crippen LogP contribution is 2.23. The number of rotatable bonds is 3. The zero-order chi connectivity index (χ0) is 17.3. The number of piperidine rings is 1. The van der Waals surface area contributed by atoms with Crippen molar-refractivity contribution in [2.75, 3.05) is 32.7 Å². The van der Waals surface area contributed by atoms with Crippen LogP contribution in [0.15, 0.2) is 17.2 Å². The summed E-state index contributed by atoms with van der Waals surface area (Å²) in [6.45, 7) is 5.21. The number of aryl methyl sites for hydroxylation is 1. The number of aromatic nitrogens is 1. The minimum absolute atomic E-state index is 0. The maximum atomic E-state index is 12.8. The molecule has 1 N–H and O–H groups in total. The van der Waals surface area contributed by atoms with Gasteiger partial charge in [-0.05, 0) is 25.8 Å². The first-order valence-electron chi connectivity index (χ1n) is 8.59. The molecule has 0 bridgehead atoms. The number of piperazine rings is 1. The van der Waals surface area contributed by atoms with Gasteiger partial charge in [-0.25, -0.2) is 8.42 Å². The summed E-state index contributed by atoms with van der Waals surface area (Å²) in [5.74, 6) is -0.106. The lowest BCUT2D eigenvalue weighted by Gasteiger charge is -2.31. The third-order valence-corrected chi connectivity index (χ3v) is 6.67. The summed E-state index contributed by atoms with van der Waals surface area (Å²) in [6, 6.07) is 1.78. The van der Waals surface area contributed by atoms with E-state index < -0.39 is 10.0 Å². The van der Waals surface area contributed by atoms with Gasteiger partial charge in [0, 0.05) is 52.0 Å². The molecule has 2 fully saturated rings. The average molecular weight is 391 g/mol. The minimum atomic E-state index is -3.51.